The molecule has 2 saturated heterocycles. The van der Waals surface area contributed by atoms with Gasteiger partial charge >= 0.3 is 0 Å². The summed E-state index contributed by atoms with van der Waals surface area (Å²) < 4.78 is 12.9. The topological polar surface area (TPSA) is 41.1 Å². The predicted octanol–water partition coefficient (Wildman–Crippen LogP) is 1.37. The van der Waals surface area contributed by atoms with Crippen molar-refractivity contribution < 1.29 is 9.18 Å². The van der Waals surface area contributed by atoms with Gasteiger partial charge < -0.3 is 10.6 Å². The summed E-state index contributed by atoms with van der Waals surface area (Å²) in [7, 11) is 0. The Balaban J connectivity index is 1.69. The minimum Gasteiger partial charge on any atom is -0.326 e. The van der Waals surface area contributed by atoms with Crippen molar-refractivity contribution in [3.63, 3.8) is 0 Å². The van der Waals surface area contributed by atoms with Crippen molar-refractivity contribution in [3.05, 3.63) is 30.1 Å². The lowest BCUT2D eigenvalue weighted by Gasteiger charge is -2.32. The lowest BCUT2D eigenvalue weighted by Crippen LogP contribution is -2.44. The molecule has 1 aromatic rings. The van der Waals surface area contributed by atoms with Gasteiger partial charge in [0.05, 0.1) is 5.92 Å². The third-order valence-corrected chi connectivity index (χ3v) is 3.54. The highest BCUT2D eigenvalue weighted by molar-refractivity contribution is 5.94. The molecule has 0 radical (unpaired) electrons. The van der Waals surface area contributed by atoms with Crippen LogP contribution in [0.1, 0.15) is 6.42 Å². The lowest BCUT2D eigenvalue weighted by molar-refractivity contribution is -0.123. The maximum atomic E-state index is 12.9. The Kier molecular flexibility index (Phi) is 2.17. The molecule has 1 aromatic carbocycles. The molecule has 4 heteroatoms. The van der Waals surface area contributed by atoms with E-state index in [0.717, 1.165) is 13.0 Å². The van der Waals surface area contributed by atoms with Crippen molar-refractivity contribution in [2.45, 2.75) is 12.5 Å². The van der Waals surface area contributed by atoms with Gasteiger partial charge in [-0.05, 0) is 37.1 Å². The van der Waals surface area contributed by atoms with E-state index in [-0.39, 0.29) is 17.6 Å². The van der Waals surface area contributed by atoms with Gasteiger partial charge in [-0.25, -0.2) is 4.39 Å². The summed E-state index contributed by atoms with van der Waals surface area (Å²) in [5.74, 6) is 0.228. The van der Waals surface area contributed by atoms with Crippen molar-refractivity contribution in [1.82, 2.24) is 5.32 Å². The van der Waals surface area contributed by atoms with Crippen molar-refractivity contribution >= 4 is 11.6 Å². The largest absolute Gasteiger partial charge is 0.326 e. The molecule has 16 heavy (non-hydrogen) atoms. The lowest BCUT2D eigenvalue weighted by atomic mass is 9.73. The Morgan fingerprint density at radius 1 is 1.50 bits per heavy atom. The van der Waals surface area contributed by atoms with Crippen LogP contribution in [0.5, 0.6) is 0 Å². The van der Waals surface area contributed by atoms with Crippen LogP contribution in [0.15, 0.2) is 24.3 Å². The minimum atomic E-state index is -0.326. The summed E-state index contributed by atoms with van der Waals surface area (Å²) in [4.78, 5) is 11.9. The number of anilines is 1. The van der Waals surface area contributed by atoms with Crippen molar-refractivity contribution in [1.29, 1.82) is 0 Å². The third-order valence-electron chi connectivity index (χ3n) is 3.54. The first-order chi connectivity index (χ1) is 7.74. The Morgan fingerprint density at radius 2 is 2.38 bits per heavy atom. The summed E-state index contributed by atoms with van der Waals surface area (Å²) in [5.41, 5.74) is 0.538. The van der Waals surface area contributed by atoms with Crippen LogP contribution < -0.4 is 10.6 Å². The molecule has 2 heterocycles. The molecule has 3 fully saturated rings. The number of benzene rings is 1. The fraction of sp³-hybridized carbons (Fsp3) is 0.417. The molecule has 2 bridgehead atoms. The second-order valence-electron chi connectivity index (χ2n) is 4.54. The van der Waals surface area contributed by atoms with Crippen LogP contribution in [-0.4, -0.2) is 18.5 Å². The van der Waals surface area contributed by atoms with Gasteiger partial charge in [0, 0.05) is 11.7 Å². The van der Waals surface area contributed by atoms with Crippen LogP contribution in [0.25, 0.3) is 0 Å². The second-order valence-corrected chi connectivity index (χ2v) is 4.54. The average Bonchev–Trinajstić information content (AvgIpc) is 2.78. The molecule has 1 saturated carbocycles. The molecule has 2 aliphatic heterocycles. The van der Waals surface area contributed by atoms with Crippen molar-refractivity contribution in [2.24, 2.45) is 11.8 Å². The first-order valence-corrected chi connectivity index (χ1v) is 5.54. The SMILES string of the molecule is O=C(Nc1cccc(F)c1)[C@@H]1[C@H]2CN[C@H]1C2. The first-order valence-electron chi connectivity index (χ1n) is 5.54. The summed E-state index contributed by atoms with van der Waals surface area (Å²) >= 11 is 0. The van der Waals surface area contributed by atoms with Crippen molar-refractivity contribution in [2.75, 3.05) is 11.9 Å². The van der Waals surface area contributed by atoms with Gasteiger partial charge in [0.25, 0.3) is 0 Å². The van der Waals surface area contributed by atoms with E-state index in [1.807, 2.05) is 0 Å². The molecule has 84 valence electrons. The van der Waals surface area contributed by atoms with E-state index in [2.05, 4.69) is 10.6 Å². The highest BCUT2D eigenvalue weighted by Gasteiger charge is 2.50. The van der Waals surface area contributed by atoms with Gasteiger partial charge in [0.15, 0.2) is 0 Å². The molecule has 0 unspecified atom stereocenters. The molecule has 1 amide bonds. The fourth-order valence-corrected chi connectivity index (χ4v) is 2.66. The van der Waals surface area contributed by atoms with Crippen molar-refractivity contribution in [3.8, 4) is 0 Å². The molecule has 2 N–H and O–H groups in total. The molecular formula is C12H13FN2O. The first kappa shape index (κ1) is 9.78. The number of fused-ring (bicyclic) bond motifs is 1. The molecule has 3 nitrogen and oxygen atoms in total. The quantitative estimate of drug-likeness (QED) is 0.790. The van der Waals surface area contributed by atoms with E-state index in [0.29, 0.717) is 17.6 Å². The smallest absolute Gasteiger partial charge is 0.229 e. The van der Waals surface area contributed by atoms with Crippen LogP contribution in [0.2, 0.25) is 0 Å². The predicted molar refractivity (Wildman–Crippen MR) is 58.4 cm³/mol. The number of carbonyl (C=O) groups excluding carboxylic acids is 1. The molecule has 0 aromatic heterocycles. The van der Waals surface area contributed by atoms with E-state index in [9.17, 15) is 9.18 Å². The maximum absolute atomic E-state index is 12.9. The van der Waals surface area contributed by atoms with Crippen LogP contribution in [0.4, 0.5) is 10.1 Å². The van der Waals surface area contributed by atoms with Crippen LogP contribution in [-0.2, 0) is 4.79 Å². The zero-order valence-corrected chi connectivity index (χ0v) is 8.74. The van der Waals surface area contributed by atoms with Gasteiger partial charge in [-0.1, -0.05) is 6.07 Å². The number of hydrogen-bond donors (Lipinski definition) is 2. The van der Waals surface area contributed by atoms with E-state index >= 15 is 0 Å². The van der Waals surface area contributed by atoms with Crippen LogP contribution in [0, 0.1) is 17.7 Å². The normalized spacial score (nSPS) is 30.9. The number of hydrogen-bond acceptors (Lipinski definition) is 2. The van der Waals surface area contributed by atoms with E-state index in [1.54, 1.807) is 12.1 Å². The maximum Gasteiger partial charge on any atom is 0.229 e. The number of nitrogens with one attached hydrogen (secondary N) is 2. The van der Waals surface area contributed by atoms with E-state index in [1.165, 1.54) is 12.1 Å². The number of amides is 1. The number of halogens is 1. The highest BCUT2D eigenvalue weighted by Crippen LogP contribution is 2.40. The Labute approximate surface area is 93.0 Å². The summed E-state index contributed by atoms with van der Waals surface area (Å²) in [6.07, 6.45) is 1.10. The molecule has 1 aliphatic carbocycles. The highest BCUT2D eigenvalue weighted by atomic mass is 19.1. The zero-order chi connectivity index (χ0) is 11.1. The Bertz CT molecular complexity index is 421. The summed E-state index contributed by atoms with van der Waals surface area (Å²) in [5, 5.41) is 6.05. The monoisotopic (exact) mass is 220 g/mol. The van der Waals surface area contributed by atoms with E-state index < -0.39 is 0 Å². The second kappa shape index (κ2) is 3.56. The Hall–Kier alpha value is -1.42. The zero-order valence-electron chi connectivity index (χ0n) is 8.74. The summed E-state index contributed by atoms with van der Waals surface area (Å²) in [6.45, 7) is 0.936. The number of rotatable bonds is 2. The number of carbonyl (C=O) groups is 1. The average molecular weight is 220 g/mol. The standard InChI is InChI=1S/C12H13FN2O/c13-8-2-1-3-9(5-8)15-12(16)11-7-4-10(11)14-6-7/h1-3,5,7,10-11,14H,4,6H2,(H,15,16)/t7-,10+,11-/m1/s1. The molecule has 3 aliphatic rings. The van der Waals surface area contributed by atoms with Crippen LogP contribution in [0.3, 0.4) is 0 Å². The van der Waals surface area contributed by atoms with Gasteiger partial charge in [-0.15, -0.1) is 0 Å². The Morgan fingerprint density at radius 3 is 3.00 bits per heavy atom. The van der Waals surface area contributed by atoms with Gasteiger partial charge in [-0.3, -0.25) is 4.79 Å². The van der Waals surface area contributed by atoms with Crippen LogP contribution >= 0.6 is 0 Å². The fourth-order valence-electron chi connectivity index (χ4n) is 2.66. The molecule has 4 rings (SSSR count). The van der Waals surface area contributed by atoms with Gasteiger partial charge in [0.2, 0.25) is 5.91 Å². The minimum absolute atomic E-state index is 0.0110. The molecule has 0 spiro atoms. The molecular weight excluding hydrogens is 207 g/mol. The third kappa shape index (κ3) is 1.50. The molecule has 3 atom stereocenters. The van der Waals surface area contributed by atoms with Gasteiger partial charge in [-0.2, -0.15) is 0 Å². The van der Waals surface area contributed by atoms with E-state index in [4.69, 9.17) is 0 Å². The summed E-state index contributed by atoms with van der Waals surface area (Å²) in [6, 6.07) is 6.34. The van der Waals surface area contributed by atoms with Gasteiger partial charge in [0.1, 0.15) is 5.82 Å².